The summed E-state index contributed by atoms with van der Waals surface area (Å²) in [6.07, 6.45) is 1.18. The van der Waals surface area contributed by atoms with E-state index in [1.54, 1.807) is 12.1 Å². The first kappa shape index (κ1) is 19.5. The van der Waals surface area contributed by atoms with Crippen LogP contribution in [0.25, 0.3) is 0 Å². The van der Waals surface area contributed by atoms with Crippen molar-refractivity contribution in [2.45, 2.75) is 13.0 Å². The number of halogens is 1. The minimum absolute atomic E-state index is 0.310. The Morgan fingerprint density at radius 3 is 2.56 bits per heavy atom. The third-order valence-corrected chi connectivity index (χ3v) is 4.81. The lowest BCUT2D eigenvalue weighted by Gasteiger charge is -2.37. The lowest BCUT2D eigenvalue weighted by atomic mass is 10.1. The van der Waals surface area contributed by atoms with Crippen molar-refractivity contribution in [3.05, 3.63) is 59.2 Å². The molecule has 0 radical (unpaired) electrons. The molecule has 0 bridgehead atoms. The Balaban J connectivity index is 1.60. The molecule has 1 saturated heterocycles. The van der Waals surface area contributed by atoms with Crippen molar-refractivity contribution in [2.24, 2.45) is 4.99 Å². The number of benzene rings is 1. The smallest absolute Gasteiger partial charge is 0.194 e. The number of hydrogen-bond acceptors (Lipinski definition) is 4. The van der Waals surface area contributed by atoms with Gasteiger partial charge in [-0.2, -0.15) is 0 Å². The molecule has 1 fully saturated rings. The molecule has 1 aliphatic heterocycles. The normalized spacial score (nSPS) is 16.3. The summed E-state index contributed by atoms with van der Waals surface area (Å²) < 4.78 is 0. The lowest BCUT2D eigenvalue weighted by Crippen LogP contribution is -2.52. The van der Waals surface area contributed by atoms with E-state index in [9.17, 15) is 5.11 Å². The molecule has 7 heteroatoms. The molecular formula is C20H26ClN5O. The number of piperazine rings is 1. The van der Waals surface area contributed by atoms with Crippen molar-refractivity contribution in [3.63, 3.8) is 0 Å². The largest absolute Gasteiger partial charge is 0.386 e. The molecule has 144 valence electrons. The van der Waals surface area contributed by atoms with Crippen LogP contribution in [-0.4, -0.2) is 60.2 Å². The number of aromatic nitrogens is 1. The SMILES string of the molecule is CCNC(=NCC(O)c1ccc(Cl)cc1)N1CCN(c2ccccn2)CC1. The van der Waals surface area contributed by atoms with Gasteiger partial charge in [0.2, 0.25) is 0 Å². The van der Waals surface area contributed by atoms with Crippen molar-refractivity contribution in [1.29, 1.82) is 0 Å². The first-order chi connectivity index (χ1) is 13.2. The minimum Gasteiger partial charge on any atom is -0.386 e. The molecule has 0 aliphatic carbocycles. The molecule has 27 heavy (non-hydrogen) atoms. The second kappa shape index (κ2) is 9.58. The Bertz CT molecular complexity index is 730. The predicted octanol–water partition coefficient (Wildman–Crippen LogP) is 2.56. The van der Waals surface area contributed by atoms with Crippen molar-refractivity contribution in [1.82, 2.24) is 15.2 Å². The number of hydrogen-bond donors (Lipinski definition) is 2. The van der Waals surface area contributed by atoms with Crippen LogP contribution in [0.2, 0.25) is 5.02 Å². The zero-order valence-electron chi connectivity index (χ0n) is 15.6. The van der Waals surface area contributed by atoms with Crippen LogP contribution in [0.5, 0.6) is 0 Å². The summed E-state index contributed by atoms with van der Waals surface area (Å²) in [5.41, 5.74) is 0.818. The summed E-state index contributed by atoms with van der Waals surface area (Å²) in [6.45, 7) is 6.65. The van der Waals surface area contributed by atoms with Crippen molar-refractivity contribution < 1.29 is 5.11 Å². The standard InChI is InChI=1S/C20H26ClN5O/c1-2-22-20(24-15-18(27)16-6-8-17(21)9-7-16)26-13-11-25(12-14-26)19-5-3-4-10-23-19/h3-10,18,27H,2,11-15H2,1H3,(H,22,24). The highest BCUT2D eigenvalue weighted by Crippen LogP contribution is 2.17. The predicted molar refractivity (Wildman–Crippen MR) is 110 cm³/mol. The van der Waals surface area contributed by atoms with E-state index in [1.807, 2.05) is 36.5 Å². The van der Waals surface area contributed by atoms with Gasteiger partial charge < -0.3 is 20.2 Å². The molecular weight excluding hydrogens is 362 g/mol. The van der Waals surface area contributed by atoms with Gasteiger partial charge in [-0.3, -0.25) is 4.99 Å². The number of rotatable bonds is 5. The minimum atomic E-state index is -0.647. The van der Waals surface area contributed by atoms with Crippen LogP contribution in [0, 0.1) is 0 Å². The van der Waals surface area contributed by atoms with E-state index in [2.05, 4.69) is 32.0 Å². The molecule has 1 aliphatic rings. The molecule has 1 unspecified atom stereocenters. The Morgan fingerprint density at radius 2 is 1.93 bits per heavy atom. The second-order valence-corrected chi connectivity index (χ2v) is 6.86. The Hall–Kier alpha value is -2.31. The van der Waals surface area contributed by atoms with Crippen LogP contribution >= 0.6 is 11.6 Å². The number of aliphatic hydroxyl groups excluding tert-OH is 1. The molecule has 1 aromatic heterocycles. The molecule has 0 saturated carbocycles. The Labute approximate surface area is 165 Å². The van der Waals surface area contributed by atoms with Crippen LogP contribution in [-0.2, 0) is 0 Å². The van der Waals surface area contributed by atoms with Crippen LogP contribution < -0.4 is 10.2 Å². The lowest BCUT2D eigenvalue weighted by molar-refractivity contribution is 0.186. The van der Waals surface area contributed by atoms with Crippen molar-refractivity contribution >= 4 is 23.4 Å². The van der Waals surface area contributed by atoms with Gasteiger partial charge in [-0.15, -0.1) is 0 Å². The topological polar surface area (TPSA) is 64.0 Å². The van der Waals surface area contributed by atoms with Gasteiger partial charge >= 0.3 is 0 Å². The van der Waals surface area contributed by atoms with Gasteiger partial charge in [-0.05, 0) is 36.8 Å². The van der Waals surface area contributed by atoms with Crippen LogP contribution in [0.1, 0.15) is 18.6 Å². The maximum absolute atomic E-state index is 10.4. The highest BCUT2D eigenvalue weighted by molar-refractivity contribution is 6.30. The maximum Gasteiger partial charge on any atom is 0.194 e. The fourth-order valence-corrected chi connectivity index (χ4v) is 3.20. The third-order valence-electron chi connectivity index (χ3n) is 4.56. The third kappa shape index (κ3) is 5.34. The van der Waals surface area contributed by atoms with Gasteiger partial charge in [-0.25, -0.2) is 4.98 Å². The molecule has 1 atom stereocenters. The summed E-state index contributed by atoms with van der Waals surface area (Å²) in [5.74, 6) is 1.85. The van der Waals surface area contributed by atoms with Crippen molar-refractivity contribution in [2.75, 3.05) is 44.2 Å². The zero-order chi connectivity index (χ0) is 19.1. The number of aliphatic hydroxyl groups is 1. The summed E-state index contributed by atoms with van der Waals surface area (Å²) >= 11 is 5.91. The van der Waals surface area contributed by atoms with Gasteiger partial charge in [0, 0.05) is 43.9 Å². The average Bonchev–Trinajstić information content (AvgIpc) is 2.72. The monoisotopic (exact) mass is 387 g/mol. The van der Waals surface area contributed by atoms with Crippen molar-refractivity contribution in [3.8, 4) is 0 Å². The molecule has 3 rings (SSSR count). The Morgan fingerprint density at radius 1 is 1.19 bits per heavy atom. The molecule has 2 heterocycles. The Kier molecular flexibility index (Phi) is 6.90. The van der Waals surface area contributed by atoms with Gasteiger partial charge in [0.25, 0.3) is 0 Å². The van der Waals surface area contributed by atoms with Crippen LogP contribution in [0.3, 0.4) is 0 Å². The molecule has 2 N–H and O–H groups in total. The van der Waals surface area contributed by atoms with Gasteiger partial charge in [0.15, 0.2) is 5.96 Å². The van der Waals surface area contributed by atoms with E-state index in [0.29, 0.717) is 11.6 Å². The molecule has 0 spiro atoms. The first-order valence-electron chi connectivity index (χ1n) is 9.30. The highest BCUT2D eigenvalue weighted by Gasteiger charge is 2.20. The number of anilines is 1. The summed E-state index contributed by atoms with van der Waals surface area (Å²) in [7, 11) is 0. The van der Waals surface area contributed by atoms with Gasteiger partial charge in [-0.1, -0.05) is 29.8 Å². The van der Waals surface area contributed by atoms with Crippen LogP contribution in [0.15, 0.2) is 53.7 Å². The number of guanidine groups is 1. The first-order valence-corrected chi connectivity index (χ1v) is 9.68. The fourth-order valence-electron chi connectivity index (χ4n) is 3.08. The van der Waals surface area contributed by atoms with E-state index in [-0.39, 0.29) is 0 Å². The fraction of sp³-hybridized carbons (Fsp3) is 0.400. The number of pyridine rings is 1. The van der Waals surface area contributed by atoms with E-state index < -0.39 is 6.10 Å². The van der Waals surface area contributed by atoms with E-state index >= 15 is 0 Å². The second-order valence-electron chi connectivity index (χ2n) is 6.42. The van der Waals surface area contributed by atoms with E-state index in [1.165, 1.54) is 0 Å². The molecule has 0 amide bonds. The van der Waals surface area contributed by atoms with E-state index in [0.717, 1.165) is 50.1 Å². The van der Waals surface area contributed by atoms with E-state index in [4.69, 9.17) is 11.6 Å². The van der Waals surface area contributed by atoms with Crippen LogP contribution in [0.4, 0.5) is 5.82 Å². The molecule has 2 aromatic rings. The summed E-state index contributed by atoms with van der Waals surface area (Å²) in [4.78, 5) is 13.6. The molecule has 6 nitrogen and oxygen atoms in total. The average molecular weight is 388 g/mol. The quantitative estimate of drug-likeness (QED) is 0.609. The summed E-state index contributed by atoms with van der Waals surface area (Å²) in [5, 5.41) is 14.4. The maximum atomic E-state index is 10.4. The number of nitrogens with zero attached hydrogens (tertiary/aromatic N) is 4. The van der Waals surface area contributed by atoms with Gasteiger partial charge in [0.05, 0.1) is 12.6 Å². The number of nitrogens with one attached hydrogen (secondary N) is 1. The highest BCUT2D eigenvalue weighted by atomic mass is 35.5. The summed E-state index contributed by atoms with van der Waals surface area (Å²) in [6, 6.07) is 13.2. The van der Waals surface area contributed by atoms with Gasteiger partial charge in [0.1, 0.15) is 5.82 Å². The zero-order valence-corrected chi connectivity index (χ0v) is 16.3. The number of aliphatic imine (C=N–C) groups is 1. The molecule has 1 aromatic carbocycles.